The number of nitrogens with zero attached hydrogens (tertiary/aromatic N) is 3. The van der Waals surface area contributed by atoms with Crippen molar-refractivity contribution in [1.29, 1.82) is 0 Å². The second-order valence-corrected chi connectivity index (χ2v) is 3.29. The molecule has 4 nitrogen and oxygen atoms in total. The van der Waals surface area contributed by atoms with Crippen molar-refractivity contribution in [2.75, 3.05) is 12.4 Å². The van der Waals surface area contributed by atoms with E-state index in [2.05, 4.69) is 27.2 Å². The molecule has 1 heterocycles. The molecular weight excluding hydrogens is 176 g/mol. The summed E-state index contributed by atoms with van der Waals surface area (Å²) in [5.41, 5.74) is 0. The highest BCUT2D eigenvalue weighted by atomic mass is 15.1. The molecule has 0 aliphatic carbocycles. The van der Waals surface area contributed by atoms with Crippen molar-refractivity contribution in [3.8, 4) is 0 Å². The lowest BCUT2D eigenvalue weighted by molar-refractivity contribution is 0.650. The second-order valence-electron chi connectivity index (χ2n) is 3.29. The van der Waals surface area contributed by atoms with Crippen molar-refractivity contribution >= 4 is 5.95 Å². The van der Waals surface area contributed by atoms with Crippen molar-refractivity contribution in [1.82, 2.24) is 15.0 Å². The van der Waals surface area contributed by atoms with E-state index >= 15 is 0 Å². The Morgan fingerprint density at radius 2 is 2.07 bits per heavy atom. The highest BCUT2D eigenvalue weighted by molar-refractivity contribution is 5.20. The lowest BCUT2D eigenvalue weighted by Gasteiger charge is -2.01. The van der Waals surface area contributed by atoms with Crippen LogP contribution in [0.1, 0.15) is 38.4 Å². The summed E-state index contributed by atoms with van der Waals surface area (Å²) in [7, 11) is 1.82. The quantitative estimate of drug-likeness (QED) is 0.704. The third-order valence-electron chi connectivity index (χ3n) is 2.10. The molecule has 0 saturated carbocycles. The third kappa shape index (κ3) is 3.68. The number of aromatic nitrogens is 3. The highest BCUT2D eigenvalue weighted by Gasteiger charge is 1.98. The Labute approximate surface area is 85.2 Å². The fourth-order valence-electron chi connectivity index (χ4n) is 1.28. The number of hydrogen-bond acceptors (Lipinski definition) is 4. The summed E-state index contributed by atoms with van der Waals surface area (Å²) in [5.74, 6) is 1.55. The van der Waals surface area contributed by atoms with E-state index in [1.165, 1.54) is 25.7 Å². The Bertz CT molecular complexity index is 262. The van der Waals surface area contributed by atoms with Crippen LogP contribution in [0.4, 0.5) is 5.95 Å². The standard InChI is InChI=1S/C10H18N4/c1-3-4-5-6-7-9-12-8-13-10(11-2)14-9/h8H,3-7H2,1-2H3,(H,11,12,13,14). The number of rotatable bonds is 6. The van der Waals surface area contributed by atoms with Crippen molar-refractivity contribution in [3.05, 3.63) is 12.2 Å². The Kier molecular flexibility index (Phi) is 4.89. The predicted octanol–water partition coefficient (Wildman–Crippen LogP) is 2.04. The third-order valence-corrected chi connectivity index (χ3v) is 2.10. The average Bonchev–Trinajstić information content (AvgIpc) is 2.25. The molecule has 0 amide bonds. The molecule has 1 aromatic rings. The van der Waals surface area contributed by atoms with Gasteiger partial charge in [0.25, 0.3) is 0 Å². The van der Waals surface area contributed by atoms with E-state index < -0.39 is 0 Å². The first-order valence-electron chi connectivity index (χ1n) is 5.22. The SMILES string of the molecule is CCCCCCc1ncnc(NC)n1. The summed E-state index contributed by atoms with van der Waals surface area (Å²) in [6, 6.07) is 0. The molecule has 0 spiro atoms. The van der Waals surface area contributed by atoms with E-state index in [0.29, 0.717) is 5.95 Å². The maximum atomic E-state index is 4.26. The fraction of sp³-hybridized carbons (Fsp3) is 0.700. The van der Waals surface area contributed by atoms with Gasteiger partial charge >= 0.3 is 0 Å². The van der Waals surface area contributed by atoms with Gasteiger partial charge in [-0.05, 0) is 6.42 Å². The first-order chi connectivity index (χ1) is 6.86. The van der Waals surface area contributed by atoms with Gasteiger partial charge in [0.05, 0.1) is 0 Å². The van der Waals surface area contributed by atoms with Gasteiger partial charge in [-0.1, -0.05) is 26.2 Å². The molecule has 1 rings (SSSR count). The molecule has 0 fully saturated rings. The van der Waals surface area contributed by atoms with Gasteiger partial charge in [-0.25, -0.2) is 9.97 Å². The zero-order valence-corrected chi connectivity index (χ0v) is 8.95. The van der Waals surface area contributed by atoms with Crippen LogP contribution in [0.2, 0.25) is 0 Å². The topological polar surface area (TPSA) is 50.7 Å². The van der Waals surface area contributed by atoms with E-state index in [1.807, 2.05) is 7.05 Å². The minimum atomic E-state index is 0.658. The summed E-state index contributed by atoms with van der Waals surface area (Å²) >= 11 is 0. The number of anilines is 1. The van der Waals surface area contributed by atoms with Crippen LogP contribution in [0.3, 0.4) is 0 Å². The number of nitrogens with one attached hydrogen (secondary N) is 1. The van der Waals surface area contributed by atoms with E-state index in [0.717, 1.165) is 12.2 Å². The molecule has 0 atom stereocenters. The molecule has 0 aromatic carbocycles. The van der Waals surface area contributed by atoms with Crippen molar-refractivity contribution in [2.45, 2.75) is 39.0 Å². The Hall–Kier alpha value is -1.19. The smallest absolute Gasteiger partial charge is 0.225 e. The minimum Gasteiger partial charge on any atom is -0.357 e. The number of aryl methyl sites for hydroxylation is 1. The van der Waals surface area contributed by atoms with Gasteiger partial charge < -0.3 is 5.32 Å². The van der Waals surface area contributed by atoms with Crippen molar-refractivity contribution in [2.24, 2.45) is 0 Å². The fourth-order valence-corrected chi connectivity index (χ4v) is 1.28. The van der Waals surface area contributed by atoms with Gasteiger partial charge in [0.2, 0.25) is 5.95 Å². The molecule has 0 aliphatic rings. The summed E-state index contributed by atoms with van der Waals surface area (Å²) in [5, 5.41) is 2.91. The van der Waals surface area contributed by atoms with Crippen molar-refractivity contribution < 1.29 is 0 Å². The van der Waals surface area contributed by atoms with Crippen LogP contribution in [0.15, 0.2) is 6.33 Å². The van der Waals surface area contributed by atoms with Gasteiger partial charge in [0.1, 0.15) is 12.2 Å². The van der Waals surface area contributed by atoms with Crippen LogP contribution in [-0.4, -0.2) is 22.0 Å². The van der Waals surface area contributed by atoms with Crippen LogP contribution in [0, 0.1) is 0 Å². The number of hydrogen-bond donors (Lipinski definition) is 1. The maximum Gasteiger partial charge on any atom is 0.225 e. The van der Waals surface area contributed by atoms with E-state index in [4.69, 9.17) is 0 Å². The minimum absolute atomic E-state index is 0.658. The van der Waals surface area contributed by atoms with Crippen LogP contribution in [0.5, 0.6) is 0 Å². The van der Waals surface area contributed by atoms with Gasteiger partial charge in [-0.3, -0.25) is 0 Å². The van der Waals surface area contributed by atoms with Gasteiger partial charge in [0.15, 0.2) is 0 Å². The number of unbranched alkanes of at least 4 members (excludes halogenated alkanes) is 3. The van der Waals surface area contributed by atoms with Crippen LogP contribution < -0.4 is 5.32 Å². The summed E-state index contributed by atoms with van der Waals surface area (Å²) in [6.07, 6.45) is 7.51. The largest absolute Gasteiger partial charge is 0.357 e. The molecule has 0 bridgehead atoms. The van der Waals surface area contributed by atoms with E-state index in [1.54, 1.807) is 6.33 Å². The lowest BCUT2D eigenvalue weighted by atomic mass is 10.1. The molecule has 78 valence electrons. The molecule has 0 saturated heterocycles. The monoisotopic (exact) mass is 194 g/mol. The van der Waals surface area contributed by atoms with Crippen LogP contribution in [0.25, 0.3) is 0 Å². The van der Waals surface area contributed by atoms with Gasteiger partial charge in [-0.2, -0.15) is 4.98 Å². The highest BCUT2D eigenvalue weighted by Crippen LogP contribution is 2.04. The summed E-state index contributed by atoms with van der Waals surface area (Å²) < 4.78 is 0. The van der Waals surface area contributed by atoms with Crippen molar-refractivity contribution in [3.63, 3.8) is 0 Å². The summed E-state index contributed by atoms with van der Waals surface area (Å²) in [4.78, 5) is 12.3. The second kappa shape index (κ2) is 6.29. The average molecular weight is 194 g/mol. The molecule has 4 heteroatoms. The first-order valence-corrected chi connectivity index (χ1v) is 5.22. The van der Waals surface area contributed by atoms with Crippen LogP contribution in [-0.2, 0) is 6.42 Å². The Morgan fingerprint density at radius 1 is 1.21 bits per heavy atom. The van der Waals surface area contributed by atoms with Crippen LogP contribution >= 0.6 is 0 Å². The van der Waals surface area contributed by atoms with Gasteiger partial charge in [-0.15, -0.1) is 0 Å². The molecule has 0 unspecified atom stereocenters. The molecule has 1 N–H and O–H groups in total. The zero-order valence-electron chi connectivity index (χ0n) is 8.95. The van der Waals surface area contributed by atoms with E-state index in [9.17, 15) is 0 Å². The molecule has 14 heavy (non-hydrogen) atoms. The normalized spacial score (nSPS) is 10.1. The molecule has 0 radical (unpaired) electrons. The van der Waals surface area contributed by atoms with Gasteiger partial charge in [0, 0.05) is 13.5 Å². The van der Waals surface area contributed by atoms with E-state index in [-0.39, 0.29) is 0 Å². The Morgan fingerprint density at radius 3 is 2.79 bits per heavy atom. The summed E-state index contributed by atoms with van der Waals surface area (Å²) in [6.45, 7) is 2.21. The zero-order chi connectivity index (χ0) is 10.2. The Balaban J connectivity index is 2.34. The first kappa shape index (κ1) is 10.9. The molecular formula is C10H18N4. The lowest BCUT2D eigenvalue weighted by Crippen LogP contribution is -2.02. The predicted molar refractivity (Wildman–Crippen MR) is 57.2 cm³/mol. The maximum absolute atomic E-state index is 4.26. The molecule has 0 aliphatic heterocycles. The molecule has 1 aromatic heterocycles.